The normalized spacial score (nSPS) is 30.1. The van der Waals surface area contributed by atoms with Crippen LogP contribution in [0.3, 0.4) is 0 Å². The molecule has 100 valence electrons. The van der Waals surface area contributed by atoms with Gasteiger partial charge in [0.1, 0.15) is 0 Å². The third-order valence-corrected chi connectivity index (χ3v) is 4.30. The summed E-state index contributed by atoms with van der Waals surface area (Å²) in [5.41, 5.74) is -1.22. The Bertz CT molecular complexity index is 657. The van der Waals surface area contributed by atoms with E-state index in [1.54, 1.807) is 0 Å². The van der Waals surface area contributed by atoms with E-state index >= 15 is 0 Å². The zero-order chi connectivity index (χ0) is 20.3. The van der Waals surface area contributed by atoms with E-state index in [4.69, 9.17) is 20.3 Å². The molecule has 4 nitrogen and oxygen atoms in total. The Morgan fingerprint density at radius 2 is 2.11 bits per heavy atom. The smallest absolute Gasteiger partial charge is 0.399 e. The quantitative estimate of drug-likeness (QED) is 0.790. The van der Waals surface area contributed by atoms with Crippen molar-refractivity contribution < 1.29 is 20.3 Å². The van der Waals surface area contributed by atoms with Gasteiger partial charge in [-0.15, -0.1) is 11.3 Å². The van der Waals surface area contributed by atoms with Gasteiger partial charge in [0.2, 0.25) is 0 Å². The van der Waals surface area contributed by atoms with Crippen LogP contribution in [0.1, 0.15) is 45.5 Å². The van der Waals surface area contributed by atoms with E-state index in [0.717, 1.165) is 11.3 Å². The Morgan fingerprint density at radius 3 is 2.67 bits per heavy atom. The van der Waals surface area contributed by atoms with Crippen LogP contribution in [-0.4, -0.2) is 36.8 Å². The highest BCUT2D eigenvalue weighted by molar-refractivity contribution is 7.25. The van der Waals surface area contributed by atoms with Crippen LogP contribution in [0.5, 0.6) is 0 Å². The maximum Gasteiger partial charge on any atom is 0.507 e. The molecule has 1 aromatic rings. The fraction of sp³-hybridized carbons (Fsp3) is 0.750. The molecular weight excluding hydrogens is 247 g/mol. The Hall–Kier alpha value is -0.585. The van der Waals surface area contributed by atoms with Crippen molar-refractivity contribution >= 4 is 28.4 Å². The molecule has 2 heterocycles. The van der Waals surface area contributed by atoms with Crippen LogP contribution in [-0.2, 0) is 9.31 Å². The average Bonchev–Trinajstić information content (AvgIpc) is 2.89. The minimum Gasteiger partial charge on any atom is -0.399 e. The number of rotatable bonds is 3. The van der Waals surface area contributed by atoms with E-state index in [9.17, 15) is 0 Å². The highest BCUT2D eigenvalue weighted by atomic mass is 32.1. The van der Waals surface area contributed by atoms with Gasteiger partial charge in [-0.3, -0.25) is 0 Å². The lowest BCUT2D eigenvalue weighted by Gasteiger charge is -2.32. The van der Waals surface area contributed by atoms with Crippen LogP contribution in [0, 0.1) is 0 Å². The predicted octanol–water partition coefficient (Wildman–Crippen LogP) is 1.90. The molecule has 0 amide bonds. The van der Waals surface area contributed by atoms with Gasteiger partial charge in [0, 0.05) is 30.6 Å². The van der Waals surface area contributed by atoms with E-state index in [1.807, 2.05) is 27.7 Å². The van der Waals surface area contributed by atoms with Gasteiger partial charge >= 0.3 is 7.12 Å². The van der Waals surface area contributed by atoms with Gasteiger partial charge in [-0.25, -0.2) is 4.98 Å². The second kappa shape index (κ2) is 4.51. The highest BCUT2D eigenvalue weighted by Gasteiger charge is 2.52. The average molecular weight is 276 g/mol. The molecule has 0 N–H and O–H groups in total. The van der Waals surface area contributed by atoms with Gasteiger partial charge in [-0.05, 0) is 34.5 Å². The van der Waals surface area contributed by atoms with E-state index in [-0.39, 0.29) is 10.0 Å². The molecule has 0 aromatic carbocycles. The molecule has 0 atom stereocenters. The molecule has 0 bridgehead atoms. The zero-order valence-electron chi connectivity index (χ0n) is 18.8. The molecule has 0 radical (unpaired) electrons. The van der Waals surface area contributed by atoms with Crippen molar-refractivity contribution in [1.82, 2.24) is 4.98 Å². The van der Waals surface area contributed by atoms with Crippen LogP contribution in [0.2, 0.25) is 0 Å². The first kappa shape index (κ1) is 6.73. The van der Waals surface area contributed by atoms with E-state index in [2.05, 4.69) is 4.98 Å². The van der Waals surface area contributed by atoms with Crippen molar-refractivity contribution in [3.8, 4) is 0 Å². The van der Waals surface area contributed by atoms with Gasteiger partial charge in [-0.2, -0.15) is 0 Å². The first-order valence-electron chi connectivity index (χ1n) is 9.52. The summed E-state index contributed by atoms with van der Waals surface area (Å²) in [6.07, 6.45) is 1.32. The number of nitrogens with zero attached hydrogens (tertiary/aromatic N) is 2. The number of hydrogen-bond acceptors (Lipinski definition) is 5. The highest BCUT2D eigenvalue weighted by Crippen LogP contribution is 2.37. The summed E-state index contributed by atoms with van der Waals surface area (Å²) in [5.74, 6) is 0. The summed E-state index contributed by atoms with van der Waals surface area (Å²) in [4.78, 5) is 4.15. The summed E-state index contributed by atoms with van der Waals surface area (Å²) >= 11 is 0.824. The van der Waals surface area contributed by atoms with Crippen molar-refractivity contribution in [3.63, 3.8) is 0 Å². The van der Waals surface area contributed by atoms with Crippen molar-refractivity contribution in [1.29, 1.82) is 0 Å². The minimum atomic E-state index is -3.18. The van der Waals surface area contributed by atoms with Gasteiger partial charge in [0.15, 0.2) is 5.13 Å². The third-order valence-electron chi connectivity index (χ3n) is 3.30. The third kappa shape index (κ3) is 2.29. The van der Waals surface area contributed by atoms with Crippen LogP contribution in [0.4, 0.5) is 5.13 Å². The van der Waals surface area contributed by atoms with Crippen LogP contribution in [0.15, 0.2) is 6.20 Å². The molecule has 2 rings (SSSR count). The second-order valence-electron chi connectivity index (χ2n) is 5.08. The molecule has 1 aliphatic rings. The summed E-state index contributed by atoms with van der Waals surface area (Å²) in [6, 6.07) is 0. The van der Waals surface area contributed by atoms with E-state index < -0.39 is 38.6 Å². The second-order valence-corrected chi connectivity index (χ2v) is 6.12. The molecule has 1 aliphatic heterocycles. The molecule has 0 saturated carbocycles. The van der Waals surface area contributed by atoms with Crippen molar-refractivity contribution in [3.05, 3.63) is 6.20 Å². The van der Waals surface area contributed by atoms with Crippen LogP contribution >= 0.6 is 11.3 Å². The molecule has 0 aliphatic carbocycles. The van der Waals surface area contributed by atoms with Gasteiger partial charge in [0.05, 0.1) is 16.0 Å². The number of hydrogen-bond donors (Lipinski definition) is 0. The molecule has 1 fully saturated rings. The lowest BCUT2D eigenvalue weighted by molar-refractivity contribution is 0.00578. The summed E-state index contributed by atoms with van der Waals surface area (Å²) in [7, 11) is -0.802. The zero-order valence-corrected chi connectivity index (χ0v) is 11.6. The summed E-state index contributed by atoms with van der Waals surface area (Å²) < 4.78 is 72.7. The Kier molecular flexibility index (Phi) is 1.68. The first-order chi connectivity index (χ1) is 11.4. The summed E-state index contributed by atoms with van der Waals surface area (Å²) in [6.45, 7) is -1.92. The first-order valence-corrected chi connectivity index (χ1v) is 6.33. The van der Waals surface area contributed by atoms with E-state index in [0.29, 0.717) is 4.78 Å². The van der Waals surface area contributed by atoms with Crippen LogP contribution in [0.25, 0.3) is 0 Å². The fourth-order valence-corrected chi connectivity index (χ4v) is 2.25. The number of aromatic nitrogens is 1. The Balaban J connectivity index is 2.40. The predicted molar refractivity (Wildman–Crippen MR) is 76.8 cm³/mol. The fourth-order valence-electron chi connectivity index (χ4n) is 1.50. The monoisotopic (exact) mass is 276 g/mol. The van der Waals surface area contributed by atoms with Gasteiger partial charge < -0.3 is 14.2 Å². The standard InChI is InChI=1S/C12H21BN2O2S/c1-7-15(6)10-14-8-9(18-10)13-16-11(2,3)12(4,5)17-13/h8H,7H2,1-6H3/i1D3,6D3,7D2. The van der Waals surface area contributed by atoms with E-state index in [1.165, 1.54) is 6.20 Å². The number of anilines is 1. The summed E-state index contributed by atoms with van der Waals surface area (Å²) in [5, 5.41) is -0.282. The molecule has 1 saturated heterocycles. The molecule has 18 heavy (non-hydrogen) atoms. The van der Waals surface area contributed by atoms with Crippen molar-refractivity contribution in [2.45, 2.75) is 45.7 Å². The van der Waals surface area contributed by atoms with Crippen molar-refractivity contribution in [2.75, 3.05) is 18.4 Å². The lowest BCUT2D eigenvalue weighted by atomic mass is 9.89. The van der Waals surface area contributed by atoms with Gasteiger partial charge in [-0.1, -0.05) is 0 Å². The molecule has 1 aromatic heterocycles. The van der Waals surface area contributed by atoms with Crippen LogP contribution < -0.4 is 9.68 Å². The maximum absolute atomic E-state index is 7.85. The Morgan fingerprint density at radius 1 is 1.44 bits per heavy atom. The Labute approximate surface area is 125 Å². The molecular formula is C12H21BN2O2S. The topological polar surface area (TPSA) is 34.6 Å². The molecule has 6 heteroatoms. The maximum atomic E-state index is 7.85. The van der Waals surface area contributed by atoms with Crippen molar-refractivity contribution in [2.24, 2.45) is 0 Å². The lowest BCUT2D eigenvalue weighted by Crippen LogP contribution is -2.41. The van der Waals surface area contributed by atoms with Gasteiger partial charge in [0.25, 0.3) is 0 Å². The molecule has 0 unspecified atom stereocenters. The minimum absolute atomic E-state index is 0.215. The largest absolute Gasteiger partial charge is 0.507 e. The number of thiazole rings is 1. The molecule has 0 spiro atoms. The SMILES string of the molecule is [2H]C([2H])([2H])N(c1ncc(B2OC(C)(C)C(C)(C)O2)s1)C([2H])([2H])C([2H])([2H])[2H].